The molecule has 0 spiro atoms. The van der Waals surface area contributed by atoms with Crippen LogP contribution in [-0.4, -0.2) is 0 Å². The summed E-state index contributed by atoms with van der Waals surface area (Å²) in [5, 5.41) is 0. The van der Waals surface area contributed by atoms with E-state index in [1.807, 2.05) is 25.2 Å². The number of rotatable bonds is 3. The van der Waals surface area contributed by atoms with Gasteiger partial charge < -0.3 is 0 Å². The van der Waals surface area contributed by atoms with Gasteiger partial charge >= 0.3 is 0 Å². The first kappa shape index (κ1) is 19.1. The van der Waals surface area contributed by atoms with Gasteiger partial charge in [0.2, 0.25) is 0 Å². The highest BCUT2D eigenvalue weighted by atomic mass is 19.2. The fourth-order valence-corrected chi connectivity index (χ4v) is 3.04. The number of hydrogen-bond acceptors (Lipinski definition) is 0. The molecule has 3 rings (SSSR count). The molecule has 0 fully saturated rings. The van der Waals surface area contributed by atoms with Crippen LogP contribution in [-0.2, 0) is 0 Å². The average Bonchev–Trinajstić information content (AvgIpc) is 2.95. The van der Waals surface area contributed by atoms with E-state index in [1.54, 1.807) is 0 Å². The lowest BCUT2D eigenvalue weighted by molar-refractivity contribution is 0.446. The van der Waals surface area contributed by atoms with E-state index in [0.29, 0.717) is 24.1 Å². The predicted molar refractivity (Wildman–Crippen MR) is 96.4 cm³/mol. The van der Waals surface area contributed by atoms with Gasteiger partial charge in [-0.15, -0.1) is 0 Å². The van der Waals surface area contributed by atoms with Gasteiger partial charge in [-0.05, 0) is 47.8 Å². The Kier molecular flexibility index (Phi) is 5.59. The van der Waals surface area contributed by atoms with Crippen molar-refractivity contribution < 1.29 is 22.0 Å². The number of benzene rings is 1. The van der Waals surface area contributed by atoms with E-state index in [0.717, 1.165) is 23.6 Å². The van der Waals surface area contributed by atoms with Gasteiger partial charge in [0.15, 0.2) is 17.5 Å². The first-order chi connectivity index (χ1) is 12.9. The zero-order chi connectivity index (χ0) is 19.6. The summed E-state index contributed by atoms with van der Waals surface area (Å²) in [4.78, 5) is 0. The van der Waals surface area contributed by atoms with Crippen LogP contribution in [0.25, 0.3) is 5.57 Å². The molecular formula is C22H17F5. The molecule has 0 bridgehead atoms. The summed E-state index contributed by atoms with van der Waals surface area (Å²) in [6.07, 6.45) is 11.6. The van der Waals surface area contributed by atoms with Gasteiger partial charge in [0.25, 0.3) is 0 Å². The van der Waals surface area contributed by atoms with Gasteiger partial charge in [0, 0.05) is 12.0 Å². The van der Waals surface area contributed by atoms with Crippen LogP contribution >= 0.6 is 0 Å². The Morgan fingerprint density at radius 2 is 1.56 bits per heavy atom. The van der Waals surface area contributed by atoms with Crippen LogP contribution in [0.1, 0.15) is 31.7 Å². The minimum Gasteiger partial charge on any atom is -0.211 e. The summed E-state index contributed by atoms with van der Waals surface area (Å²) in [5.74, 6) is -6.52. The van der Waals surface area contributed by atoms with E-state index in [9.17, 15) is 22.0 Å². The smallest absolute Gasteiger partial charge is 0.194 e. The van der Waals surface area contributed by atoms with Crippen molar-refractivity contribution in [3.8, 4) is 0 Å². The molecule has 27 heavy (non-hydrogen) atoms. The molecule has 0 atom stereocenters. The van der Waals surface area contributed by atoms with Crippen molar-refractivity contribution in [2.24, 2.45) is 0 Å². The van der Waals surface area contributed by atoms with Gasteiger partial charge in [0.1, 0.15) is 11.7 Å². The van der Waals surface area contributed by atoms with Gasteiger partial charge in [0.05, 0.1) is 0 Å². The van der Waals surface area contributed by atoms with Crippen molar-refractivity contribution in [1.29, 1.82) is 0 Å². The molecule has 1 aromatic carbocycles. The molecular weight excluding hydrogens is 359 g/mol. The summed E-state index contributed by atoms with van der Waals surface area (Å²) in [7, 11) is 0. The van der Waals surface area contributed by atoms with Gasteiger partial charge in [-0.2, -0.15) is 0 Å². The Labute approximate surface area is 154 Å². The Balaban J connectivity index is 1.98. The summed E-state index contributed by atoms with van der Waals surface area (Å²) in [6.45, 7) is 2.03. The predicted octanol–water partition coefficient (Wildman–Crippen LogP) is 7.19. The zero-order valence-corrected chi connectivity index (χ0v) is 14.6. The maximum absolute atomic E-state index is 14.8. The topological polar surface area (TPSA) is 0 Å². The fraction of sp³-hybridized carbons (Fsp3) is 0.182. The molecule has 0 N–H and O–H groups in total. The lowest BCUT2D eigenvalue weighted by atomic mass is 10.0. The monoisotopic (exact) mass is 376 g/mol. The molecule has 140 valence electrons. The maximum atomic E-state index is 14.8. The molecule has 0 nitrogen and oxygen atoms in total. The second-order valence-electron chi connectivity index (χ2n) is 6.25. The largest absolute Gasteiger partial charge is 0.211 e. The highest BCUT2D eigenvalue weighted by Gasteiger charge is 2.21. The molecule has 0 aliphatic heterocycles. The van der Waals surface area contributed by atoms with E-state index in [4.69, 9.17) is 0 Å². The molecule has 0 radical (unpaired) electrons. The lowest BCUT2D eigenvalue weighted by Crippen LogP contribution is -1.96. The van der Waals surface area contributed by atoms with Crippen molar-refractivity contribution in [1.82, 2.24) is 0 Å². The standard InChI is InChI=1S/C22H17F5/c1-2-13-4-3-5-14(7-6-13)15-8-9-17(23)21(18(24)10-15)16-11-19(25)22(27)20(26)12-16/h4-8,10-12H,2-3,9H2,1H3. The number of hydrogen-bond donors (Lipinski definition) is 0. The second kappa shape index (κ2) is 7.91. The van der Waals surface area contributed by atoms with Crippen LogP contribution in [0.2, 0.25) is 0 Å². The van der Waals surface area contributed by atoms with Crippen LogP contribution in [0.15, 0.2) is 77.0 Å². The highest BCUT2D eigenvalue weighted by molar-refractivity contribution is 5.80. The summed E-state index contributed by atoms with van der Waals surface area (Å²) < 4.78 is 69.4. The molecule has 0 heterocycles. The van der Waals surface area contributed by atoms with E-state index in [2.05, 4.69) is 6.08 Å². The van der Waals surface area contributed by atoms with E-state index >= 15 is 0 Å². The van der Waals surface area contributed by atoms with Crippen molar-refractivity contribution in [2.75, 3.05) is 0 Å². The molecule has 2 aliphatic carbocycles. The minimum atomic E-state index is -1.68. The second-order valence-corrected chi connectivity index (χ2v) is 6.25. The summed E-state index contributed by atoms with van der Waals surface area (Å²) >= 11 is 0. The fourth-order valence-electron chi connectivity index (χ4n) is 3.04. The normalized spacial score (nSPS) is 17.7. The molecule has 0 unspecified atom stereocenters. The Morgan fingerprint density at radius 1 is 0.852 bits per heavy atom. The van der Waals surface area contributed by atoms with Crippen LogP contribution in [0, 0.1) is 17.5 Å². The Bertz CT molecular complexity index is 932. The SMILES string of the molecule is CCC1=CCC=C(C2=CCC(F)=C(c3cc(F)c(F)c(F)c3)C(F)=C2)C=C1. The van der Waals surface area contributed by atoms with Crippen LogP contribution in [0.3, 0.4) is 0 Å². The summed E-state index contributed by atoms with van der Waals surface area (Å²) in [6, 6.07) is 1.18. The third-order valence-electron chi connectivity index (χ3n) is 4.50. The van der Waals surface area contributed by atoms with E-state index in [-0.39, 0.29) is 12.0 Å². The molecule has 1 aromatic rings. The Morgan fingerprint density at radius 3 is 2.22 bits per heavy atom. The van der Waals surface area contributed by atoms with Crippen molar-refractivity contribution in [3.63, 3.8) is 0 Å². The van der Waals surface area contributed by atoms with E-state index in [1.165, 1.54) is 6.08 Å². The molecule has 0 saturated carbocycles. The van der Waals surface area contributed by atoms with Crippen molar-refractivity contribution in [2.45, 2.75) is 26.2 Å². The van der Waals surface area contributed by atoms with Gasteiger partial charge in [-0.3, -0.25) is 0 Å². The summed E-state index contributed by atoms with van der Waals surface area (Å²) in [5.41, 5.74) is 1.40. The molecule has 0 saturated heterocycles. The zero-order valence-electron chi connectivity index (χ0n) is 14.6. The minimum absolute atomic E-state index is 0.242. The Hall–Kier alpha value is -2.69. The number of allylic oxidation sites excluding steroid dienone is 12. The van der Waals surface area contributed by atoms with Crippen LogP contribution in [0.5, 0.6) is 0 Å². The van der Waals surface area contributed by atoms with Gasteiger partial charge in [-0.25, -0.2) is 22.0 Å². The van der Waals surface area contributed by atoms with E-state index < -0.39 is 34.7 Å². The quantitative estimate of drug-likeness (QED) is 0.387. The molecule has 0 aromatic heterocycles. The van der Waals surface area contributed by atoms with Gasteiger partial charge in [-0.1, -0.05) is 42.9 Å². The third-order valence-corrected chi connectivity index (χ3v) is 4.50. The first-order valence-corrected chi connectivity index (χ1v) is 8.59. The average molecular weight is 376 g/mol. The van der Waals surface area contributed by atoms with Crippen molar-refractivity contribution >= 4 is 5.57 Å². The van der Waals surface area contributed by atoms with Crippen LogP contribution in [0.4, 0.5) is 22.0 Å². The van der Waals surface area contributed by atoms with Crippen molar-refractivity contribution in [3.05, 3.63) is 100.0 Å². The molecule has 5 heteroatoms. The first-order valence-electron chi connectivity index (χ1n) is 8.59. The lowest BCUT2D eigenvalue weighted by Gasteiger charge is -2.08. The third kappa shape index (κ3) is 4.02. The molecule has 2 aliphatic rings. The van der Waals surface area contributed by atoms with Crippen LogP contribution < -0.4 is 0 Å². The maximum Gasteiger partial charge on any atom is 0.194 e. The number of halogens is 5. The molecule has 0 amide bonds. The highest BCUT2D eigenvalue weighted by Crippen LogP contribution is 2.36.